The number of nitrogens with two attached hydrogens (primary N) is 1. The predicted molar refractivity (Wildman–Crippen MR) is 73.5 cm³/mol. The van der Waals surface area contributed by atoms with Crippen molar-refractivity contribution in [2.24, 2.45) is 0 Å². The highest BCUT2D eigenvalue weighted by molar-refractivity contribution is 5.62. The summed E-state index contributed by atoms with van der Waals surface area (Å²) in [4.78, 5) is 27.7. The van der Waals surface area contributed by atoms with Crippen molar-refractivity contribution in [3.63, 3.8) is 0 Å². The summed E-state index contributed by atoms with van der Waals surface area (Å²) in [5.74, 6) is 0.185. The number of aromatic nitrogens is 2. The number of anilines is 2. The highest BCUT2D eigenvalue weighted by atomic mass is 16.3. The Morgan fingerprint density at radius 3 is 2.84 bits per heavy atom. The lowest BCUT2D eigenvalue weighted by Crippen LogP contribution is -2.44. The highest BCUT2D eigenvalue weighted by Crippen LogP contribution is 2.21. The number of aromatic amines is 1. The predicted octanol–water partition coefficient (Wildman–Crippen LogP) is -0.510. The van der Waals surface area contributed by atoms with Crippen LogP contribution in [0.5, 0.6) is 0 Å². The van der Waals surface area contributed by atoms with E-state index < -0.39 is 17.4 Å². The van der Waals surface area contributed by atoms with Crippen molar-refractivity contribution < 1.29 is 5.11 Å². The molecular weight excluding hydrogens is 248 g/mol. The Hall–Kier alpha value is -1.76. The van der Waals surface area contributed by atoms with E-state index in [1.54, 1.807) is 4.90 Å². The van der Waals surface area contributed by atoms with Crippen LogP contribution in [-0.2, 0) is 6.54 Å². The molecule has 1 saturated heterocycles. The lowest BCUT2D eigenvalue weighted by atomic mass is 10.1. The number of aliphatic hydroxyl groups is 1. The van der Waals surface area contributed by atoms with Gasteiger partial charge in [0.15, 0.2) is 0 Å². The van der Waals surface area contributed by atoms with Gasteiger partial charge in [-0.25, -0.2) is 4.79 Å². The largest absolute Gasteiger partial charge is 0.391 e. The summed E-state index contributed by atoms with van der Waals surface area (Å²) in [6.07, 6.45) is 1.81. The van der Waals surface area contributed by atoms with E-state index >= 15 is 0 Å². The van der Waals surface area contributed by atoms with Crippen LogP contribution in [0.4, 0.5) is 11.5 Å². The number of nitrogen functional groups attached to an aromatic ring is 1. The summed E-state index contributed by atoms with van der Waals surface area (Å²) in [7, 11) is 0. The molecule has 0 aromatic carbocycles. The monoisotopic (exact) mass is 268 g/mol. The van der Waals surface area contributed by atoms with Crippen molar-refractivity contribution in [3.8, 4) is 0 Å². The molecule has 1 aliphatic heterocycles. The maximum Gasteiger partial charge on any atom is 0.330 e. The topological polar surface area (TPSA) is 104 Å². The van der Waals surface area contributed by atoms with Crippen molar-refractivity contribution in [2.75, 3.05) is 23.7 Å². The zero-order valence-corrected chi connectivity index (χ0v) is 11.1. The molecule has 0 radical (unpaired) electrons. The fourth-order valence-electron chi connectivity index (χ4n) is 2.49. The molecule has 0 aliphatic carbocycles. The quantitative estimate of drug-likeness (QED) is 0.685. The fourth-order valence-corrected chi connectivity index (χ4v) is 2.49. The first-order valence-electron chi connectivity index (χ1n) is 6.60. The molecule has 0 bridgehead atoms. The Bertz CT molecular complexity index is 563. The Labute approximate surface area is 110 Å². The molecule has 1 aromatic heterocycles. The first kappa shape index (κ1) is 13.7. The second kappa shape index (κ2) is 5.48. The number of hydrogen-bond donors (Lipinski definition) is 3. The summed E-state index contributed by atoms with van der Waals surface area (Å²) < 4.78 is 1.37. The van der Waals surface area contributed by atoms with Gasteiger partial charge < -0.3 is 15.7 Å². The van der Waals surface area contributed by atoms with Gasteiger partial charge in [-0.05, 0) is 19.3 Å². The first-order valence-corrected chi connectivity index (χ1v) is 6.60. The maximum absolute atomic E-state index is 12.0. The second-order valence-corrected chi connectivity index (χ2v) is 4.89. The number of H-pyrrole nitrogens is 1. The molecule has 1 fully saturated rings. The number of β-amino-alcohol motifs (C(OH)–C–C–N with tert-alkyl or cyclic N) is 1. The molecule has 0 saturated carbocycles. The van der Waals surface area contributed by atoms with Crippen LogP contribution in [0.15, 0.2) is 9.59 Å². The normalized spacial score (nSPS) is 19.7. The molecule has 19 heavy (non-hydrogen) atoms. The van der Waals surface area contributed by atoms with Crippen molar-refractivity contribution in [1.29, 1.82) is 0 Å². The van der Waals surface area contributed by atoms with E-state index in [9.17, 15) is 14.7 Å². The lowest BCUT2D eigenvalue weighted by Gasteiger charge is -2.32. The summed E-state index contributed by atoms with van der Waals surface area (Å²) in [5, 5.41) is 9.69. The van der Waals surface area contributed by atoms with E-state index in [4.69, 9.17) is 5.73 Å². The summed E-state index contributed by atoms with van der Waals surface area (Å²) >= 11 is 0. The minimum Gasteiger partial charge on any atom is -0.391 e. The number of nitrogens with zero attached hydrogens (tertiary/aromatic N) is 2. The van der Waals surface area contributed by atoms with Crippen LogP contribution in [0.2, 0.25) is 0 Å². The Balaban J connectivity index is 2.47. The molecule has 2 rings (SSSR count). The second-order valence-electron chi connectivity index (χ2n) is 4.89. The van der Waals surface area contributed by atoms with Crippen molar-refractivity contribution in [1.82, 2.24) is 9.55 Å². The smallest absolute Gasteiger partial charge is 0.330 e. The molecular formula is C12H20N4O3. The van der Waals surface area contributed by atoms with Crippen molar-refractivity contribution in [2.45, 2.75) is 38.8 Å². The van der Waals surface area contributed by atoms with Crippen LogP contribution in [-0.4, -0.2) is 33.9 Å². The maximum atomic E-state index is 12.0. The van der Waals surface area contributed by atoms with E-state index in [1.807, 2.05) is 6.92 Å². The summed E-state index contributed by atoms with van der Waals surface area (Å²) in [5.41, 5.74) is 5.30. The Morgan fingerprint density at radius 2 is 2.21 bits per heavy atom. The minimum absolute atomic E-state index is 0.185. The van der Waals surface area contributed by atoms with Gasteiger partial charge in [0.1, 0.15) is 11.5 Å². The Kier molecular flexibility index (Phi) is 3.94. The molecule has 106 valence electrons. The van der Waals surface area contributed by atoms with E-state index in [0.717, 1.165) is 19.3 Å². The van der Waals surface area contributed by atoms with E-state index in [0.29, 0.717) is 25.3 Å². The van der Waals surface area contributed by atoms with Crippen LogP contribution in [0.25, 0.3) is 0 Å². The Morgan fingerprint density at radius 1 is 1.47 bits per heavy atom. The zero-order valence-electron chi connectivity index (χ0n) is 11.1. The van der Waals surface area contributed by atoms with Crippen LogP contribution in [0, 0.1) is 0 Å². The van der Waals surface area contributed by atoms with Gasteiger partial charge >= 0.3 is 5.69 Å². The number of piperidine rings is 1. The van der Waals surface area contributed by atoms with E-state index in [1.165, 1.54) is 4.57 Å². The molecule has 1 aliphatic rings. The third-order valence-electron chi connectivity index (χ3n) is 3.37. The third kappa shape index (κ3) is 2.65. The molecule has 0 unspecified atom stereocenters. The molecule has 1 aromatic rings. The number of aliphatic hydroxyl groups excluding tert-OH is 1. The number of nitrogens with one attached hydrogen (secondary N) is 1. The van der Waals surface area contributed by atoms with Gasteiger partial charge in [-0.2, -0.15) is 0 Å². The van der Waals surface area contributed by atoms with Gasteiger partial charge in [-0.3, -0.25) is 14.3 Å². The molecule has 7 nitrogen and oxygen atoms in total. The van der Waals surface area contributed by atoms with Gasteiger partial charge in [0.2, 0.25) is 0 Å². The van der Waals surface area contributed by atoms with E-state index in [-0.39, 0.29) is 5.82 Å². The summed E-state index contributed by atoms with van der Waals surface area (Å²) in [6.45, 7) is 3.43. The zero-order chi connectivity index (χ0) is 14.0. The van der Waals surface area contributed by atoms with Crippen LogP contribution < -0.4 is 21.9 Å². The average molecular weight is 268 g/mol. The average Bonchev–Trinajstić information content (AvgIpc) is 2.34. The minimum atomic E-state index is -0.482. The first-order chi connectivity index (χ1) is 9.04. The van der Waals surface area contributed by atoms with Gasteiger partial charge in [0, 0.05) is 19.6 Å². The molecule has 2 heterocycles. The van der Waals surface area contributed by atoms with Crippen molar-refractivity contribution >= 4 is 11.5 Å². The van der Waals surface area contributed by atoms with Gasteiger partial charge in [0.25, 0.3) is 5.56 Å². The highest BCUT2D eigenvalue weighted by Gasteiger charge is 2.23. The van der Waals surface area contributed by atoms with Gasteiger partial charge in [0.05, 0.1) is 6.10 Å². The number of rotatable bonds is 3. The SMILES string of the molecule is CCCn1c(N)c(N2CCC[C@H](O)C2)c(=O)[nH]c1=O. The van der Waals surface area contributed by atoms with Gasteiger partial charge in [-0.1, -0.05) is 6.92 Å². The van der Waals surface area contributed by atoms with Crippen molar-refractivity contribution in [3.05, 3.63) is 20.8 Å². The lowest BCUT2D eigenvalue weighted by molar-refractivity contribution is 0.154. The van der Waals surface area contributed by atoms with Gasteiger partial charge in [-0.15, -0.1) is 0 Å². The third-order valence-corrected chi connectivity index (χ3v) is 3.37. The van der Waals surface area contributed by atoms with Crippen LogP contribution in [0.1, 0.15) is 26.2 Å². The van der Waals surface area contributed by atoms with Crippen LogP contribution in [0.3, 0.4) is 0 Å². The fraction of sp³-hybridized carbons (Fsp3) is 0.667. The number of hydrogen-bond acceptors (Lipinski definition) is 5. The molecule has 4 N–H and O–H groups in total. The molecule has 1 atom stereocenters. The van der Waals surface area contributed by atoms with E-state index in [2.05, 4.69) is 4.98 Å². The summed E-state index contributed by atoms with van der Waals surface area (Å²) in [6, 6.07) is 0. The molecule has 0 spiro atoms. The molecule has 0 amide bonds. The standard InChI is InChI=1S/C12H20N4O3/c1-2-5-16-10(13)9(11(18)14-12(16)19)15-6-3-4-8(17)7-15/h8,17H,2-7,13H2,1H3,(H,14,18,19)/t8-/m0/s1. The van der Waals surface area contributed by atoms with Crippen LogP contribution >= 0.6 is 0 Å². The molecule has 7 heteroatoms.